The van der Waals surface area contributed by atoms with E-state index < -0.39 is 11.2 Å². The Bertz CT molecular complexity index is 1200. The molecule has 3 rings (SSSR count). The molecule has 0 radical (unpaired) electrons. The summed E-state index contributed by atoms with van der Waals surface area (Å²) in [5, 5.41) is 21.0. The van der Waals surface area contributed by atoms with Crippen LogP contribution in [0.1, 0.15) is 0 Å². The molecule has 10 heteroatoms. The van der Waals surface area contributed by atoms with Crippen molar-refractivity contribution in [1.29, 1.82) is 0 Å². The molecule has 0 saturated carbocycles. The average molecular weight is 434 g/mol. The first kappa shape index (κ1) is 21.8. The second kappa shape index (κ2) is 8.42. The quantitative estimate of drug-likeness (QED) is 0.573. The molecule has 0 bridgehead atoms. The van der Waals surface area contributed by atoms with Crippen LogP contribution < -0.4 is 33.8 Å². The highest BCUT2D eigenvalue weighted by Gasteiger charge is 2.28. The van der Waals surface area contributed by atoms with Gasteiger partial charge in [-0.25, -0.2) is 0 Å². The molecule has 0 amide bonds. The van der Waals surface area contributed by atoms with Crippen LogP contribution in [0.15, 0.2) is 21.3 Å². The van der Waals surface area contributed by atoms with Crippen LogP contribution in [-0.2, 0) is 0 Å². The molecule has 0 unspecified atom stereocenters. The minimum absolute atomic E-state index is 0.00974. The lowest BCUT2D eigenvalue weighted by atomic mass is 10.1. The molecule has 10 nitrogen and oxygen atoms in total. The van der Waals surface area contributed by atoms with Gasteiger partial charge >= 0.3 is 0 Å². The molecule has 0 aliphatic heterocycles. The molecule has 0 saturated heterocycles. The molecule has 0 fully saturated rings. The predicted octanol–water partition coefficient (Wildman–Crippen LogP) is 2.92. The van der Waals surface area contributed by atoms with Gasteiger partial charge in [-0.3, -0.25) is 4.79 Å². The summed E-state index contributed by atoms with van der Waals surface area (Å²) in [5.41, 5.74) is -0.478. The molecule has 0 aliphatic rings. The second-order valence-electron chi connectivity index (χ2n) is 6.17. The van der Waals surface area contributed by atoms with Gasteiger partial charge in [-0.2, -0.15) is 0 Å². The zero-order chi connectivity index (χ0) is 22.9. The Hall–Kier alpha value is -3.95. The summed E-state index contributed by atoms with van der Waals surface area (Å²) in [6, 6.07) is 2.62. The minimum Gasteiger partial charge on any atom is -0.504 e. The maximum absolute atomic E-state index is 13.0. The topological polar surface area (TPSA) is 126 Å². The number of benzene rings is 2. The smallest absolute Gasteiger partial charge is 0.211 e. The van der Waals surface area contributed by atoms with Gasteiger partial charge in [0.2, 0.25) is 28.7 Å². The molecular formula is C21H22O10. The van der Waals surface area contributed by atoms with E-state index in [0.717, 1.165) is 6.07 Å². The summed E-state index contributed by atoms with van der Waals surface area (Å²) in [5.74, 6) is -0.574. The third-order valence-electron chi connectivity index (χ3n) is 4.70. The first-order valence-electron chi connectivity index (χ1n) is 8.89. The van der Waals surface area contributed by atoms with Crippen LogP contribution in [0.4, 0.5) is 0 Å². The predicted molar refractivity (Wildman–Crippen MR) is 111 cm³/mol. The molecule has 31 heavy (non-hydrogen) atoms. The lowest BCUT2D eigenvalue weighted by molar-refractivity contribution is 0.311. The standard InChI is InChI=1S/C21H22O10/c1-25-12-7-9(16(26-2)15(24)17(12)27-3)11-8-10(22)13-14(23)19(28-4)21(30-6)20(29-5)18(13)31-11/h7-8,23-24H,1-6H3. The first-order valence-corrected chi connectivity index (χ1v) is 8.89. The summed E-state index contributed by atoms with van der Waals surface area (Å²) in [6.45, 7) is 0. The number of fused-ring (bicyclic) bond motifs is 1. The fraction of sp³-hybridized carbons (Fsp3) is 0.286. The van der Waals surface area contributed by atoms with Crippen molar-refractivity contribution >= 4 is 11.0 Å². The van der Waals surface area contributed by atoms with Gasteiger partial charge in [0.1, 0.15) is 11.1 Å². The Kier molecular flexibility index (Phi) is 5.91. The van der Waals surface area contributed by atoms with E-state index in [4.69, 9.17) is 32.8 Å². The zero-order valence-corrected chi connectivity index (χ0v) is 17.8. The number of methoxy groups -OCH3 is 6. The van der Waals surface area contributed by atoms with Gasteiger partial charge in [0.05, 0.1) is 48.2 Å². The Morgan fingerprint density at radius 1 is 0.677 bits per heavy atom. The van der Waals surface area contributed by atoms with Crippen molar-refractivity contribution in [3.05, 3.63) is 22.4 Å². The van der Waals surface area contributed by atoms with Crippen LogP contribution >= 0.6 is 0 Å². The van der Waals surface area contributed by atoms with Crippen LogP contribution in [-0.4, -0.2) is 52.9 Å². The van der Waals surface area contributed by atoms with Crippen molar-refractivity contribution in [2.75, 3.05) is 42.7 Å². The van der Waals surface area contributed by atoms with Crippen molar-refractivity contribution < 1.29 is 43.1 Å². The zero-order valence-electron chi connectivity index (χ0n) is 17.8. The van der Waals surface area contributed by atoms with Gasteiger partial charge in [-0.15, -0.1) is 0 Å². The Morgan fingerprint density at radius 2 is 1.26 bits per heavy atom. The van der Waals surface area contributed by atoms with E-state index >= 15 is 0 Å². The number of aromatic hydroxyl groups is 2. The van der Waals surface area contributed by atoms with E-state index in [1.54, 1.807) is 0 Å². The van der Waals surface area contributed by atoms with Gasteiger partial charge in [-0.1, -0.05) is 0 Å². The second-order valence-corrected chi connectivity index (χ2v) is 6.17. The van der Waals surface area contributed by atoms with E-state index in [1.807, 2.05) is 0 Å². The highest BCUT2D eigenvalue weighted by molar-refractivity contribution is 5.95. The summed E-state index contributed by atoms with van der Waals surface area (Å²) in [4.78, 5) is 13.0. The molecule has 2 aromatic carbocycles. The van der Waals surface area contributed by atoms with E-state index in [-0.39, 0.29) is 62.5 Å². The number of hydrogen-bond donors (Lipinski definition) is 2. The fourth-order valence-electron chi connectivity index (χ4n) is 3.35. The number of hydrogen-bond acceptors (Lipinski definition) is 10. The van der Waals surface area contributed by atoms with Crippen LogP contribution in [0.2, 0.25) is 0 Å². The van der Waals surface area contributed by atoms with E-state index in [9.17, 15) is 15.0 Å². The average Bonchev–Trinajstić information content (AvgIpc) is 2.77. The van der Waals surface area contributed by atoms with E-state index in [2.05, 4.69) is 0 Å². The van der Waals surface area contributed by atoms with Gasteiger partial charge in [-0.05, 0) is 6.07 Å². The number of phenolic OH excluding ortho intramolecular Hbond substituents is 2. The van der Waals surface area contributed by atoms with Crippen molar-refractivity contribution in [1.82, 2.24) is 0 Å². The van der Waals surface area contributed by atoms with Crippen molar-refractivity contribution in [2.45, 2.75) is 0 Å². The normalized spacial score (nSPS) is 10.6. The van der Waals surface area contributed by atoms with Crippen molar-refractivity contribution in [3.63, 3.8) is 0 Å². The Morgan fingerprint density at radius 3 is 1.77 bits per heavy atom. The third kappa shape index (κ3) is 3.25. The fourth-order valence-corrected chi connectivity index (χ4v) is 3.35. The van der Waals surface area contributed by atoms with Crippen molar-refractivity contribution in [2.24, 2.45) is 0 Å². The van der Waals surface area contributed by atoms with E-state index in [0.29, 0.717) is 0 Å². The van der Waals surface area contributed by atoms with Gasteiger partial charge in [0, 0.05) is 6.07 Å². The summed E-state index contributed by atoms with van der Waals surface area (Å²) >= 11 is 0. The van der Waals surface area contributed by atoms with Crippen LogP contribution in [0.25, 0.3) is 22.3 Å². The summed E-state index contributed by atoms with van der Waals surface area (Å²) < 4.78 is 37.5. The molecule has 0 aliphatic carbocycles. The number of phenols is 2. The lowest BCUT2D eigenvalue weighted by Gasteiger charge is -2.18. The maximum atomic E-state index is 13.0. The van der Waals surface area contributed by atoms with Crippen molar-refractivity contribution in [3.8, 4) is 57.3 Å². The monoisotopic (exact) mass is 434 g/mol. The molecule has 1 aromatic heterocycles. The van der Waals surface area contributed by atoms with E-state index in [1.165, 1.54) is 48.7 Å². The highest BCUT2D eigenvalue weighted by atomic mass is 16.5. The van der Waals surface area contributed by atoms with Gasteiger partial charge in [0.25, 0.3) is 0 Å². The molecule has 2 N–H and O–H groups in total. The Balaban J connectivity index is 2.46. The van der Waals surface area contributed by atoms with Crippen LogP contribution in [0.5, 0.6) is 46.0 Å². The van der Waals surface area contributed by atoms with Gasteiger partial charge in [0.15, 0.2) is 28.3 Å². The van der Waals surface area contributed by atoms with Crippen LogP contribution in [0, 0.1) is 0 Å². The lowest BCUT2D eigenvalue weighted by Crippen LogP contribution is -2.05. The van der Waals surface area contributed by atoms with Gasteiger partial charge < -0.3 is 43.1 Å². The summed E-state index contributed by atoms with van der Waals surface area (Å²) in [7, 11) is 8.11. The number of rotatable bonds is 7. The highest BCUT2D eigenvalue weighted by Crippen LogP contribution is 2.52. The molecule has 3 aromatic rings. The largest absolute Gasteiger partial charge is 0.504 e. The summed E-state index contributed by atoms with van der Waals surface area (Å²) in [6.07, 6.45) is 0. The molecular weight excluding hydrogens is 412 g/mol. The molecule has 1 heterocycles. The molecule has 0 spiro atoms. The third-order valence-corrected chi connectivity index (χ3v) is 4.70. The van der Waals surface area contributed by atoms with Crippen LogP contribution in [0.3, 0.4) is 0 Å². The molecule has 0 atom stereocenters. The maximum Gasteiger partial charge on any atom is 0.211 e. The first-order chi connectivity index (χ1) is 14.9. The molecule has 166 valence electrons. The SMILES string of the molecule is COc1cc(-c2cc(=O)c3c(O)c(OC)c(OC)c(OC)c3o2)c(OC)c(O)c1OC. The number of ether oxygens (including phenoxy) is 6. The minimum atomic E-state index is -0.593. The Labute approximate surface area is 177 Å².